The Bertz CT molecular complexity index is 772. The van der Waals surface area contributed by atoms with E-state index in [9.17, 15) is 24.9 Å². The van der Waals surface area contributed by atoms with E-state index in [1.165, 1.54) is 44.9 Å². The van der Waals surface area contributed by atoms with Crippen LogP contribution in [0.1, 0.15) is 136 Å². The van der Waals surface area contributed by atoms with Gasteiger partial charge in [-0.3, -0.25) is 9.59 Å². The summed E-state index contributed by atoms with van der Waals surface area (Å²) in [6, 6.07) is 0. The Labute approximate surface area is 262 Å². The minimum atomic E-state index is -0.944. The average molecular weight is 607 g/mol. The molecule has 43 heavy (non-hydrogen) atoms. The van der Waals surface area contributed by atoms with E-state index in [-0.39, 0.29) is 25.4 Å². The average Bonchev–Trinajstić information content (AvgIpc) is 3.00. The second-order valence-corrected chi connectivity index (χ2v) is 11.2. The molecule has 0 amide bonds. The molecule has 0 aliphatic carbocycles. The maximum atomic E-state index is 12.1. The normalized spacial score (nSPS) is 14.3. The highest BCUT2D eigenvalue weighted by Gasteiger charge is 2.18. The van der Waals surface area contributed by atoms with Crippen LogP contribution in [0.2, 0.25) is 0 Å². The van der Waals surface area contributed by atoms with Crippen molar-refractivity contribution >= 4 is 11.9 Å². The summed E-state index contributed by atoms with van der Waals surface area (Å²) in [5, 5.41) is 29.9. The molecule has 3 atom stereocenters. The van der Waals surface area contributed by atoms with Crippen molar-refractivity contribution in [3.05, 3.63) is 48.6 Å². The van der Waals surface area contributed by atoms with Crippen LogP contribution in [0.3, 0.4) is 0 Å². The van der Waals surface area contributed by atoms with E-state index in [4.69, 9.17) is 9.47 Å². The summed E-state index contributed by atoms with van der Waals surface area (Å²) in [6.45, 7) is 3.73. The number of ether oxygens (including phenoxy) is 2. The summed E-state index contributed by atoms with van der Waals surface area (Å²) < 4.78 is 10.4. The van der Waals surface area contributed by atoms with E-state index in [0.29, 0.717) is 19.3 Å². The molecule has 0 radical (unpaired) electrons. The summed E-state index contributed by atoms with van der Waals surface area (Å²) in [7, 11) is 0. The van der Waals surface area contributed by atoms with Crippen LogP contribution in [0.25, 0.3) is 0 Å². The highest BCUT2D eigenvalue weighted by atomic mass is 16.6. The Morgan fingerprint density at radius 3 is 1.70 bits per heavy atom. The highest BCUT2D eigenvalue weighted by molar-refractivity contribution is 5.70. The van der Waals surface area contributed by atoms with Crippen molar-refractivity contribution in [1.29, 1.82) is 0 Å². The minimum Gasteiger partial charge on any atom is -0.462 e. The van der Waals surface area contributed by atoms with Crippen molar-refractivity contribution in [3.63, 3.8) is 0 Å². The molecule has 7 nitrogen and oxygen atoms in total. The molecule has 7 heteroatoms. The van der Waals surface area contributed by atoms with E-state index >= 15 is 0 Å². The smallest absolute Gasteiger partial charge is 0.306 e. The van der Waals surface area contributed by atoms with E-state index in [1.54, 1.807) is 0 Å². The number of carbonyl (C=O) groups is 2. The monoisotopic (exact) mass is 606 g/mol. The van der Waals surface area contributed by atoms with Gasteiger partial charge in [0.05, 0.1) is 18.8 Å². The standard InChI is InChI=1S/C36H62O7/c1-3-5-7-9-11-13-15-16-17-19-21-23-26-33(38)34(39)27-25-29-36(41)43-32(30-37)31-42-35(40)28-24-22-20-18-14-12-10-8-6-4-2/h5,7,11,13,16-17,21,23,32-34,37-39H,3-4,6,8-10,12,14-15,18-20,22,24-31H2,1-2H3/b7-5-,13-11-,17-16-,23-21-/t32-,33+,34+/m0/s1. The molecule has 0 bridgehead atoms. The Kier molecular flexibility index (Phi) is 29.6. The zero-order valence-electron chi connectivity index (χ0n) is 27.2. The van der Waals surface area contributed by atoms with Crippen LogP contribution >= 0.6 is 0 Å². The van der Waals surface area contributed by atoms with Crippen LogP contribution in [0, 0.1) is 0 Å². The first kappa shape index (κ1) is 40.8. The molecule has 0 spiro atoms. The van der Waals surface area contributed by atoms with Crippen LogP contribution < -0.4 is 0 Å². The minimum absolute atomic E-state index is 0.0385. The summed E-state index contributed by atoms with van der Waals surface area (Å²) in [5.74, 6) is -0.884. The molecule has 3 N–H and O–H groups in total. The topological polar surface area (TPSA) is 113 Å². The largest absolute Gasteiger partial charge is 0.462 e. The predicted molar refractivity (Wildman–Crippen MR) is 176 cm³/mol. The molecule has 248 valence electrons. The molecule has 0 heterocycles. The first-order valence-corrected chi connectivity index (χ1v) is 16.9. The second kappa shape index (κ2) is 31.2. The van der Waals surface area contributed by atoms with Crippen LogP contribution in [0.4, 0.5) is 0 Å². The molecule has 0 saturated heterocycles. The maximum absolute atomic E-state index is 12.1. The molecule has 0 rings (SSSR count). The highest BCUT2D eigenvalue weighted by Crippen LogP contribution is 2.13. The van der Waals surface area contributed by atoms with E-state index in [2.05, 4.69) is 50.3 Å². The number of carbonyl (C=O) groups excluding carboxylic acids is 2. The van der Waals surface area contributed by atoms with Crippen LogP contribution in [-0.4, -0.2) is 58.8 Å². The second-order valence-electron chi connectivity index (χ2n) is 11.2. The van der Waals surface area contributed by atoms with E-state index in [0.717, 1.165) is 44.9 Å². The maximum Gasteiger partial charge on any atom is 0.306 e. The van der Waals surface area contributed by atoms with Crippen molar-refractivity contribution in [1.82, 2.24) is 0 Å². The van der Waals surface area contributed by atoms with Gasteiger partial charge in [0, 0.05) is 12.8 Å². The molecule has 0 aromatic heterocycles. The lowest BCUT2D eigenvalue weighted by Crippen LogP contribution is -2.29. The lowest BCUT2D eigenvalue weighted by Gasteiger charge is -2.17. The van der Waals surface area contributed by atoms with Gasteiger partial charge in [0.25, 0.3) is 0 Å². The Morgan fingerprint density at radius 1 is 0.628 bits per heavy atom. The van der Waals surface area contributed by atoms with Gasteiger partial charge in [0.1, 0.15) is 6.61 Å². The third-order valence-electron chi connectivity index (χ3n) is 7.09. The lowest BCUT2D eigenvalue weighted by atomic mass is 10.0. The van der Waals surface area contributed by atoms with Crippen LogP contribution in [0.15, 0.2) is 48.6 Å². The number of unbranched alkanes of at least 4 members (excludes halogenated alkanes) is 9. The van der Waals surface area contributed by atoms with Gasteiger partial charge < -0.3 is 24.8 Å². The van der Waals surface area contributed by atoms with Gasteiger partial charge in [-0.1, -0.05) is 120 Å². The SMILES string of the molecule is CC/C=C\C/C=C\C/C=C\C/C=C\C[C@@H](O)[C@H](O)CCCC(=O)O[C@@H](CO)COC(=O)CCCCCCCCCCCC. The fraction of sp³-hybridized carbons (Fsp3) is 0.722. The van der Waals surface area contributed by atoms with Crippen LogP contribution in [-0.2, 0) is 19.1 Å². The quantitative estimate of drug-likeness (QED) is 0.0452. The molecule has 0 saturated carbocycles. The molecular weight excluding hydrogens is 544 g/mol. The molecule has 0 aliphatic rings. The van der Waals surface area contributed by atoms with Gasteiger partial charge in [0.2, 0.25) is 0 Å². The van der Waals surface area contributed by atoms with E-state index in [1.807, 2.05) is 12.2 Å². The lowest BCUT2D eigenvalue weighted by molar-refractivity contribution is -0.161. The van der Waals surface area contributed by atoms with Crippen molar-refractivity contribution < 1.29 is 34.4 Å². The summed E-state index contributed by atoms with van der Waals surface area (Å²) in [6.07, 6.45) is 30.6. The van der Waals surface area contributed by atoms with Gasteiger partial charge >= 0.3 is 11.9 Å². The zero-order chi connectivity index (χ0) is 31.8. The van der Waals surface area contributed by atoms with Gasteiger partial charge in [-0.15, -0.1) is 0 Å². The Morgan fingerprint density at radius 2 is 1.14 bits per heavy atom. The molecule has 0 aliphatic heterocycles. The first-order chi connectivity index (χ1) is 20.9. The fourth-order valence-electron chi connectivity index (χ4n) is 4.40. The Hall–Kier alpha value is -2.22. The van der Waals surface area contributed by atoms with Crippen molar-refractivity contribution in [3.8, 4) is 0 Å². The number of aliphatic hydroxyl groups excluding tert-OH is 3. The van der Waals surface area contributed by atoms with Gasteiger partial charge in [-0.05, 0) is 51.4 Å². The predicted octanol–water partition coefficient (Wildman–Crippen LogP) is 7.83. The fourth-order valence-corrected chi connectivity index (χ4v) is 4.40. The zero-order valence-corrected chi connectivity index (χ0v) is 27.2. The third kappa shape index (κ3) is 28.3. The summed E-state index contributed by atoms with van der Waals surface area (Å²) >= 11 is 0. The van der Waals surface area contributed by atoms with Crippen LogP contribution in [0.5, 0.6) is 0 Å². The van der Waals surface area contributed by atoms with Crippen molar-refractivity contribution in [2.45, 2.75) is 154 Å². The Balaban J connectivity index is 3.91. The van der Waals surface area contributed by atoms with Gasteiger partial charge in [-0.2, -0.15) is 0 Å². The summed E-state index contributed by atoms with van der Waals surface area (Å²) in [4.78, 5) is 24.1. The number of aliphatic hydroxyl groups is 3. The number of hydrogen-bond donors (Lipinski definition) is 3. The van der Waals surface area contributed by atoms with Crippen molar-refractivity contribution in [2.75, 3.05) is 13.2 Å². The number of hydrogen-bond acceptors (Lipinski definition) is 7. The molecule has 0 fully saturated rings. The third-order valence-corrected chi connectivity index (χ3v) is 7.09. The van der Waals surface area contributed by atoms with E-state index < -0.39 is 30.9 Å². The molecule has 0 aromatic rings. The van der Waals surface area contributed by atoms with Crippen molar-refractivity contribution in [2.24, 2.45) is 0 Å². The molecule has 0 unspecified atom stereocenters. The molecular formula is C36H62O7. The van der Waals surface area contributed by atoms with Gasteiger partial charge in [0.15, 0.2) is 6.10 Å². The number of allylic oxidation sites excluding steroid dienone is 7. The molecule has 0 aromatic carbocycles. The van der Waals surface area contributed by atoms with Gasteiger partial charge in [-0.25, -0.2) is 0 Å². The number of rotatable bonds is 29. The summed E-state index contributed by atoms with van der Waals surface area (Å²) in [5.41, 5.74) is 0. The first-order valence-electron chi connectivity index (χ1n) is 16.9. The number of esters is 2.